The lowest BCUT2D eigenvalue weighted by atomic mass is 10.1. The average molecular weight is 677 g/mol. The molecule has 232 valence electrons. The molecule has 0 saturated carbocycles. The third-order valence-electron chi connectivity index (χ3n) is 7.38. The molecule has 0 unspecified atom stereocenters. The van der Waals surface area contributed by atoms with Crippen molar-refractivity contribution in [3.05, 3.63) is 106 Å². The predicted octanol–water partition coefficient (Wildman–Crippen LogP) is 9.36. The quantitative estimate of drug-likeness (QED) is 0.163. The third kappa shape index (κ3) is 6.89. The number of para-hydroxylation sites is 1. The molecular formula is C37H34BrN5O3. The van der Waals surface area contributed by atoms with Crippen LogP contribution in [0, 0.1) is 0 Å². The second-order valence-electron chi connectivity index (χ2n) is 10.6. The topological polar surface area (TPSA) is 97.9 Å². The third-order valence-corrected chi connectivity index (χ3v) is 8.20. The number of benzene rings is 1. The Morgan fingerprint density at radius 1 is 0.717 bits per heavy atom. The fraction of sp³-hybridized carbons (Fsp3) is 0.162. The van der Waals surface area contributed by atoms with Crippen molar-refractivity contribution < 1.29 is 14.2 Å². The Kier molecular flexibility index (Phi) is 9.59. The number of halogens is 1. The zero-order valence-electron chi connectivity index (χ0n) is 25.9. The van der Waals surface area contributed by atoms with E-state index in [0.717, 1.165) is 73.4 Å². The number of methoxy groups -OCH3 is 2. The second kappa shape index (κ2) is 14.3. The van der Waals surface area contributed by atoms with Crippen molar-refractivity contribution in [3.63, 3.8) is 0 Å². The van der Waals surface area contributed by atoms with Gasteiger partial charge in [-0.1, -0.05) is 25.5 Å². The van der Waals surface area contributed by atoms with Crippen LogP contribution in [-0.4, -0.2) is 45.7 Å². The standard InChI is InChI=1S/C25H16BrN5.C12H18O3/c26-25-22-10-6-17(30-22)13-15-4-8-20(28-15)24(19-3-1-2-12-27-19)21-9-5-16(29-21)14-18-7-11-23(25)31-18;1-4-5-9-15-12-10(13-2)7-6-8-11(12)14-3/h1-14,28-29H;6-8H,4-5,9H2,1-3H3. The summed E-state index contributed by atoms with van der Waals surface area (Å²) in [5.74, 6) is 2.12. The molecule has 4 aromatic heterocycles. The van der Waals surface area contributed by atoms with Gasteiger partial charge in [-0.2, -0.15) is 0 Å². The molecule has 2 aliphatic rings. The number of unbranched alkanes of at least 4 members (excludes halogenated alkanes) is 1. The summed E-state index contributed by atoms with van der Waals surface area (Å²) >= 11 is 3.67. The van der Waals surface area contributed by atoms with E-state index in [1.165, 1.54) is 0 Å². The Labute approximate surface area is 276 Å². The number of ether oxygens (including phenoxy) is 3. The van der Waals surface area contributed by atoms with Gasteiger partial charge >= 0.3 is 0 Å². The molecular weight excluding hydrogens is 642 g/mol. The molecule has 0 fully saturated rings. The minimum Gasteiger partial charge on any atom is -0.493 e. The molecule has 0 amide bonds. The predicted molar refractivity (Wildman–Crippen MR) is 190 cm³/mol. The van der Waals surface area contributed by atoms with Crippen molar-refractivity contribution in [1.82, 2.24) is 24.9 Å². The van der Waals surface area contributed by atoms with Crippen LogP contribution < -0.4 is 14.2 Å². The molecule has 5 aromatic rings. The summed E-state index contributed by atoms with van der Waals surface area (Å²) in [7, 11) is 3.25. The van der Waals surface area contributed by atoms with Gasteiger partial charge in [0.15, 0.2) is 11.5 Å². The zero-order chi connectivity index (χ0) is 31.9. The van der Waals surface area contributed by atoms with Gasteiger partial charge in [0.05, 0.1) is 64.8 Å². The number of pyridine rings is 1. The first kappa shape index (κ1) is 30.9. The normalized spacial score (nSPS) is 11.6. The van der Waals surface area contributed by atoms with E-state index in [9.17, 15) is 0 Å². The maximum absolute atomic E-state index is 5.64. The fourth-order valence-corrected chi connectivity index (χ4v) is 5.55. The number of hydrogen-bond acceptors (Lipinski definition) is 6. The number of rotatable bonds is 7. The monoisotopic (exact) mass is 675 g/mol. The van der Waals surface area contributed by atoms with Gasteiger partial charge in [-0.3, -0.25) is 4.98 Å². The largest absolute Gasteiger partial charge is 0.493 e. The van der Waals surface area contributed by atoms with Crippen LogP contribution in [0.4, 0.5) is 0 Å². The molecule has 46 heavy (non-hydrogen) atoms. The van der Waals surface area contributed by atoms with Gasteiger partial charge in [-0.15, -0.1) is 0 Å². The van der Waals surface area contributed by atoms with Crippen molar-refractivity contribution in [3.8, 4) is 28.5 Å². The number of aromatic amines is 2. The molecule has 7 rings (SSSR count). The van der Waals surface area contributed by atoms with E-state index in [1.807, 2.05) is 79.0 Å². The Hall–Kier alpha value is -5.15. The zero-order valence-corrected chi connectivity index (χ0v) is 27.5. The van der Waals surface area contributed by atoms with E-state index in [0.29, 0.717) is 23.9 Å². The molecule has 0 saturated heterocycles. The van der Waals surface area contributed by atoms with Crippen LogP contribution in [0.3, 0.4) is 0 Å². The number of H-pyrrole nitrogens is 2. The summed E-state index contributed by atoms with van der Waals surface area (Å²) in [4.78, 5) is 21.1. The Bertz CT molecular complexity index is 1950. The van der Waals surface area contributed by atoms with Gasteiger partial charge < -0.3 is 24.2 Å². The van der Waals surface area contributed by atoms with E-state index in [2.05, 4.69) is 62.1 Å². The first-order valence-electron chi connectivity index (χ1n) is 15.1. The Morgan fingerprint density at radius 2 is 1.33 bits per heavy atom. The molecule has 2 aliphatic heterocycles. The smallest absolute Gasteiger partial charge is 0.203 e. The van der Waals surface area contributed by atoms with Crippen molar-refractivity contribution in [2.75, 3.05) is 20.8 Å². The Morgan fingerprint density at radius 3 is 1.85 bits per heavy atom. The highest BCUT2D eigenvalue weighted by Gasteiger charge is 2.12. The van der Waals surface area contributed by atoms with Crippen molar-refractivity contribution >= 4 is 62.3 Å². The average Bonchev–Trinajstić information content (AvgIpc) is 3.91. The summed E-state index contributed by atoms with van der Waals surface area (Å²) in [6, 6.07) is 23.9. The molecule has 8 bridgehead atoms. The summed E-state index contributed by atoms with van der Waals surface area (Å²) in [6.07, 6.45) is 12.0. The number of nitrogens with zero attached hydrogens (tertiary/aromatic N) is 3. The molecule has 0 radical (unpaired) electrons. The lowest BCUT2D eigenvalue weighted by molar-refractivity contribution is 0.270. The van der Waals surface area contributed by atoms with Crippen molar-refractivity contribution in [2.45, 2.75) is 19.8 Å². The maximum atomic E-state index is 5.64. The van der Waals surface area contributed by atoms with Gasteiger partial charge in [-0.25, -0.2) is 9.97 Å². The number of hydrogen-bond donors (Lipinski definition) is 2. The molecule has 1 aromatic carbocycles. The molecule has 0 aliphatic carbocycles. The van der Waals surface area contributed by atoms with Crippen LogP contribution in [0.15, 0.2) is 83.5 Å². The number of nitrogens with one attached hydrogen (secondary N) is 2. The molecule has 8 nitrogen and oxygen atoms in total. The second-order valence-corrected chi connectivity index (χ2v) is 11.3. The number of aromatic nitrogens is 5. The van der Waals surface area contributed by atoms with Gasteiger partial charge in [0.25, 0.3) is 0 Å². The highest BCUT2D eigenvalue weighted by molar-refractivity contribution is 9.10. The molecule has 9 heteroatoms. The Balaban J connectivity index is 0.000000210. The van der Waals surface area contributed by atoms with Crippen LogP contribution in [0.5, 0.6) is 17.2 Å². The maximum Gasteiger partial charge on any atom is 0.203 e. The molecule has 2 N–H and O–H groups in total. The summed E-state index contributed by atoms with van der Waals surface area (Å²) < 4.78 is 16.9. The van der Waals surface area contributed by atoms with E-state index in [4.69, 9.17) is 24.2 Å². The van der Waals surface area contributed by atoms with Crippen LogP contribution in [0.2, 0.25) is 0 Å². The SMILES string of the molecule is Brc1c2nc(cc3ccc([nH]3)c(-c3ccccn3)c3ccc(cc4nc1C=C4)[nH]3)C=C2.CCCCOc1c(OC)cccc1OC. The van der Waals surface area contributed by atoms with Crippen LogP contribution in [0.25, 0.3) is 57.6 Å². The number of fused-ring (bicyclic) bond motifs is 8. The van der Waals surface area contributed by atoms with Gasteiger partial charge in [0.2, 0.25) is 5.75 Å². The van der Waals surface area contributed by atoms with Crippen LogP contribution in [0.1, 0.15) is 42.5 Å². The first-order valence-corrected chi connectivity index (χ1v) is 15.9. The van der Waals surface area contributed by atoms with E-state index in [-0.39, 0.29) is 0 Å². The van der Waals surface area contributed by atoms with Crippen LogP contribution >= 0.6 is 15.9 Å². The lowest BCUT2D eigenvalue weighted by Crippen LogP contribution is -2.00. The van der Waals surface area contributed by atoms with E-state index >= 15 is 0 Å². The lowest BCUT2D eigenvalue weighted by Gasteiger charge is -2.13. The minimum atomic E-state index is 0.688. The molecule has 0 atom stereocenters. The summed E-state index contributed by atoms with van der Waals surface area (Å²) in [5, 5.41) is 0. The minimum absolute atomic E-state index is 0.688. The van der Waals surface area contributed by atoms with Crippen molar-refractivity contribution in [1.29, 1.82) is 0 Å². The highest BCUT2D eigenvalue weighted by atomic mass is 79.9. The van der Waals surface area contributed by atoms with Gasteiger partial charge in [0, 0.05) is 22.8 Å². The highest BCUT2D eigenvalue weighted by Crippen LogP contribution is 2.37. The van der Waals surface area contributed by atoms with Gasteiger partial charge in [0.1, 0.15) is 0 Å². The molecule has 0 spiro atoms. The first-order chi connectivity index (χ1) is 22.6. The fourth-order valence-electron chi connectivity index (χ4n) is 5.10. The van der Waals surface area contributed by atoms with E-state index in [1.54, 1.807) is 14.2 Å². The van der Waals surface area contributed by atoms with E-state index < -0.39 is 0 Å². The van der Waals surface area contributed by atoms with Gasteiger partial charge in [-0.05, 0) is 107 Å². The molecule has 6 heterocycles. The summed E-state index contributed by atoms with van der Waals surface area (Å²) in [6.45, 7) is 2.82. The van der Waals surface area contributed by atoms with Crippen molar-refractivity contribution in [2.24, 2.45) is 0 Å². The van der Waals surface area contributed by atoms with Crippen LogP contribution in [-0.2, 0) is 0 Å². The summed E-state index contributed by atoms with van der Waals surface area (Å²) in [5.41, 5.74) is 9.31.